The molecular weight excluding hydrogens is 284 g/mol. The van der Waals surface area contributed by atoms with Crippen LogP contribution in [0.5, 0.6) is 0 Å². The van der Waals surface area contributed by atoms with Gasteiger partial charge < -0.3 is 12.4 Å². The van der Waals surface area contributed by atoms with Crippen molar-refractivity contribution in [3.8, 4) is 0 Å². The zero-order valence-electron chi connectivity index (χ0n) is 12.9. The Morgan fingerprint density at radius 3 is 2.00 bits per heavy atom. The van der Waals surface area contributed by atoms with Crippen molar-refractivity contribution in [1.82, 2.24) is 0 Å². The lowest BCUT2D eigenvalue weighted by Crippen LogP contribution is -3.00. The molecule has 2 rings (SSSR count). The molecule has 3 nitrogen and oxygen atoms in total. The van der Waals surface area contributed by atoms with Gasteiger partial charge in [-0.2, -0.15) is 0 Å². The van der Waals surface area contributed by atoms with Crippen LogP contribution in [0.4, 0.5) is 0 Å². The number of nitrogens with zero attached hydrogens (tertiary/aromatic N) is 1. The molecule has 0 aliphatic heterocycles. The van der Waals surface area contributed by atoms with Crippen molar-refractivity contribution < 1.29 is 21.9 Å². The molecule has 1 aromatic carbocycles. The molecule has 2 aromatic rings. The zero-order valence-corrected chi connectivity index (χ0v) is 13.6. The van der Waals surface area contributed by atoms with Crippen molar-refractivity contribution >= 4 is 5.91 Å². The Morgan fingerprint density at radius 1 is 1.00 bits per heavy atom. The average Bonchev–Trinajstić information content (AvgIpc) is 2.40. The van der Waals surface area contributed by atoms with Gasteiger partial charge in [0.05, 0.1) is 0 Å². The summed E-state index contributed by atoms with van der Waals surface area (Å²) < 4.78 is 1.66. The van der Waals surface area contributed by atoms with Crippen LogP contribution in [0.2, 0.25) is 0 Å². The van der Waals surface area contributed by atoms with Crippen LogP contribution in [0.15, 0.2) is 48.8 Å². The SMILES string of the molecule is Cc1cc[n+](NC(=O)c2ccc(C(C)(C)C)cc2)cc1.[Cl-]. The van der Waals surface area contributed by atoms with Gasteiger partial charge in [0.15, 0.2) is 12.4 Å². The van der Waals surface area contributed by atoms with Gasteiger partial charge in [-0.3, -0.25) is 4.79 Å². The number of halogens is 1. The molecule has 1 N–H and O–H groups in total. The van der Waals surface area contributed by atoms with E-state index in [1.165, 1.54) is 5.56 Å². The number of carbonyl (C=O) groups excluding carboxylic acids is 1. The number of pyridine rings is 1. The van der Waals surface area contributed by atoms with Crippen molar-refractivity contribution in [2.24, 2.45) is 0 Å². The monoisotopic (exact) mass is 304 g/mol. The minimum Gasteiger partial charge on any atom is -1.00 e. The lowest BCUT2D eigenvalue weighted by Gasteiger charge is -2.18. The predicted octanol–water partition coefficient (Wildman–Crippen LogP) is -0.0321. The van der Waals surface area contributed by atoms with Crippen LogP contribution >= 0.6 is 0 Å². The van der Waals surface area contributed by atoms with Gasteiger partial charge in [-0.15, -0.1) is 5.43 Å². The number of carbonyl (C=O) groups is 1. The minimum absolute atomic E-state index is 0. The summed E-state index contributed by atoms with van der Waals surface area (Å²) in [6, 6.07) is 11.6. The van der Waals surface area contributed by atoms with E-state index >= 15 is 0 Å². The molecule has 1 heterocycles. The Labute approximate surface area is 132 Å². The van der Waals surface area contributed by atoms with Crippen LogP contribution in [0.1, 0.15) is 42.3 Å². The number of nitrogens with one attached hydrogen (secondary N) is 1. The van der Waals surface area contributed by atoms with Crippen LogP contribution in [-0.4, -0.2) is 5.91 Å². The van der Waals surface area contributed by atoms with E-state index in [1.807, 2.05) is 55.7 Å². The van der Waals surface area contributed by atoms with Crippen LogP contribution < -0.4 is 22.5 Å². The standard InChI is InChI=1S/C17H20N2O.ClH/c1-13-9-11-19(12-10-13)18-16(20)14-5-7-15(8-6-14)17(2,3)4;/h5-12H,1-4H3;1H. The summed E-state index contributed by atoms with van der Waals surface area (Å²) in [6.07, 6.45) is 3.66. The number of aryl methyl sites for hydroxylation is 1. The molecule has 1 aromatic heterocycles. The average molecular weight is 305 g/mol. The number of amides is 1. The second-order valence-corrected chi connectivity index (χ2v) is 6.05. The first-order valence-corrected chi connectivity index (χ1v) is 6.76. The molecule has 0 fully saturated rings. The number of rotatable bonds is 2. The summed E-state index contributed by atoms with van der Waals surface area (Å²) in [5.41, 5.74) is 5.95. The topological polar surface area (TPSA) is 33.0 Å². The molecule has 0 bridgehead atoms. The first-order valence-electron chi connectivity index (χ1n) is 6.76. The summed E-state index contributed by atoms with van der Waals surface area (Å²) in [4.78, 5) is 12.1. The number of hydrogen-bond donors (Lipinski definition) is 1. The molecule has 0 aliphatic rings. The maximum absolute atomic E-state index is 12.1. The van der Waals surface area contributed by atoms with E-state index in [2.05, 4.69) is 26.2 Å². The Kier molecular flexibility index (Phi) is 5.50. The number of aromatic nitrogens is 1. The maximum Gasteiger partial charge on any atom is 0.305 e. The smallest absolute Gasteiger partial charge is 0.305 e. The minimum atomic E-state index is -0.112. The zero-order chi connectivity index (χ0) is 14.8. The van der Waals surface area contributed by atoms with Crippen LogP contribution in [-0.2, 0) is 5.41 Å². The maximum atomic E-state index is 12.1. The van der Waals surface area contributed by atoms with Crippen molar-refractivity contribution in [2.45, 2.75) is 33.1 Å². The summed E-state index contributed by atoms with van der Waals surface area (Å²) in [5, 5.41) is 0. The van der Waals surface area contributed by atoms with Crippen molar-refractivity contribution in [2.75, 3.05) is 5.43 Å². The van der Waals surface area contributed by atoms with Crippen molar-refractivity contribution in [1.29, 1.82) is 0 Å². The largest absolute Gasteiger partial charge is 1.00 e. The lowest BCUT2D eigenvalue weighted by atomic mass is 9.87. The Bertz CT molecular complexity index is 598. The fourth-order valence-electron chi connectivity index (χ4n) is 1.88. The summed E-state index contributed by atoms with van der Waals surface area (Å²) >= 11 is 0. The molecule has 4 heteroatoms. The summed E-state index contributed by atoms with van der Waals surface area (Å²) in [7, 11) is 0. The molecule has 0 unspecified atom stereocenters. The second kappa shape index (κ2) is 6.72. The fraction of sp³-hybridized carbons (Fsp3) is 0.294. The highest BCUT2D eigenvalue weighted by Gasteiger charge is 2.15. The van der Waals surface area contributed by atoms with Crippen LogP contribution in [0.25, 0.3) is 0 Å². The first-order chi connectivity index (χ1) is 9.36. The van der Waals surface area contributed by atoms with Gasteiger partial charge in [-0.05, 0) is 35.6 Å². The third-order valence-corrected chi connectivity index (χ3v) is 3.24. The Morgan fingerprint density at radius 2 is 1.52 bits per heavy atom. The molecule has 21 heavy (non-hydrogen) atoms. The Hall–Kier alpha value is -1.87. The highest BCUT2D eigenvalue weighted by atomic mass is 35.5. The molecule has 0 saturated heterocycles. The lowest BCUT2D eigenvalue weighted by molar-refractivity contribution is -0.641. The second-order valence-electron chi connectivity index (χ2n) is 6.05. The van der Waals surface area contributed by atoms with E-state index in [4.69, 9.17) is 0 Å². The fourth-order valence-corrected chi connectivity index (χ4v) is 1.88. The van der Waals surface area contributed by atoms with E-state index in [-0.39, 0.29) is 23.7 Å². The highest BCUT2D eigenvalue weighted by molar-refractivity contribution is 5.98. The predicted molar refractivity (Wildman–Crippen MR) is 80.2 cm³/mol. The summed E-state index contributed by atoms with van der Waals surface area (Å²) in [6.45, 7) is 8.48. The molecule has 0 atom stereocenters. The van der Waals surface area contributed by atoms with Gasteiger partial charge >= 0.3 is 5.91 Å². The number of hydrogen-bond acceptors (Lipinski definition) is 1. The van der Waals surface area contributed by atoms with E-state index in [0.717, 1.165) is 5.56 Å². The van der Waals surface area contributed by atoms with Crippen LogP contribution in [0, 0.1) is 6.92 Å². The molecular formula is C17H21ClN2O. The molecule has 0 radical (unpaired) electrons. The van der Waals surface area contributed by atoms with Gasteiger partial charge in [0, 0.05) is 17.7 Å². The quantitative estimate of drug-likeness (QED) is 0.777. The molecule has 0 spiro atoms. The van der Waals surface area contributed by atoms with Crippen molar-refractivity contribution in [3.63, 3.8) is 0 Å². The van der Waals surface area contributed by atoms with E-state index in [9.17, 15) is 4.79 Å². The first kappa shape index (κ1) is 17.2. The normalized spacial score (nSPS) is 10.7. The van der Waals surface area contributed by atoms with Gasteiger partial charge in [-0.1, -0.05) is 37.6 Å². The van der Waals surface area contributed by atoms with Gasteiger partial charge in [0.2, 0.25) is 0 Å². The van der Waals surface area contributed by atoms with E-state index in [1.54, 1.807) is 4.68 Å². The van der Waals surface area contributed by atoms with Gasteiger partial charge in [0.25, 0.3) is 0 Å². The highest BCUT2D eigenvalue weighted by Crippen LogP contribution is 2.22. The molecule has 0 aliphatic carbocycles. The van der Waals surface area contributed by atoms with Crippen molar-refractivity contribution in [3.05, 3.63) is 65.5 Å². The van der Waals surface area contributed by atoms with E-state index < -0.39 is 0 Å². The molecule has 0 saturated carbocycles. The number of benzene rings is 1. The third kappa shape index (κ3) is 4.57. The Balaban J connectivity index is 0.00000220. The molecule has 1 amide bonds. The van der Waals surface area contributed by atoms with Crippen LogP contribution in [0.3, 0.4) is 0 Å². The van der Waals surface area contributed by atoms with Gasteiger partial charge in [0.1, 0.15) is 0 Å². The van der Waals surface area contributed by atoms with E-state index in [0.29, 0.717) is 5.56 Å². The van der Waals surface area contributed by atoms with Gasteiger partial charge in [-0.25, -0.2) is 0 Å². The summed E-state index contributed by atoms with van der Waals surface area (Å²) in [5.74, 6) is -0.112. The third-order valence-electron chi connectivity index (χ3n) is 3.24. The molecule has 112 valence electrons.